The SMILES string of the molecule is COc1ccc([C@@H]2O[C@H](CO)[C@@H](O)[C@H](O)[C@H]2O)cc1Oc1ccc2c(c1)OCCO2. The van der Waals surface area contributed by atoms with Gasteiger partial charge in [-0.15, -0.1) is 0 Å². The number of fused-ring (bicyclic) bond motifs is 1. The summed E-state index contributed by atoms with van der Waals surface area (Å²) in [5, 5.41) is 39.9. The molecule has 0 spiro atoms. The van der Waals surface area contributed by atoms with Crippen molar-refractivity contribution < 1.29 is 44.1 Å². The zero-order chi connectivity index (χ0) is 21.3. The molecule has 0 unspecified atom stereocenters. The Balaban J connectivity index is 1.62. The molecule has 0 bridgehead atoms. The number of rotatable bonds is 5. The summed E-state index contributed by atoms with van der Waals surface area (Å²) in [4.78, 5) is 0. The van der Waals surface area contributed by atoms with E-state index in [1.807, 2.05) is 0 Å². The third kappa shape index (κ3) is 3.90. The van der Waals surface area contributed by atoms with Crippen LogP contribution in [0.5, 0.6) is 28.7 Å². The summed E-state index contributed by atoms with van der Waals surface area (Å²) in [7, 11) is 1.50. The van der Waals surface area contributed by atoms with Gasteiger partial charge in [0.15, 0.2) is 23.0 Å². The minimum atomic E-state index is -1.47. The van der Waals surface area contributed by atoms with E-state index in [9.17, 15) is 20.4 Å². The van der Waals surface area contributed by atoms with Crippen LogP contribution in [0.25, 0.3) is 0 Å². The Kier molecular flexibility index (Phi) is 5.98. The molecular formula is C21H24O9. The first-order valence-electron chi connectivity index (χ1n) is 9.57. The molecule has 4 N–H and O–H groups in total. The van der Waals surface area contributed by atoms with Gasteiger partial charge in [-0.25, -0.2) is 0 Å². The van der Waals surface area contributed by atoms with Crippen molar-refractivity contribution in [1.29, 1.82) is 0 Å². The van der Waals surface area contributed by atoms with Crippen LogP contribution < -0.4 is 18.9 Å². The Labute approximate surface area is 173 Å². The number of aliphatic hydroxyl groups is 4. The maximum absolute atomic E-state index is 10.4. The molecule has 4 rings (SSSR count). The van der Waals surface area contributed by atoms with Crippen LogP contribution >= 0.6 is 0 Å². The summed E-state index contributed by atoms with van der Waals surface area (Å²) in [6, 6.07) is 10.1. The molecule has 30 heavy (non-hydrogen) atoms. The van der Waals surface area contributed by atoms with Crippen LogP contribution in [0.3, 0.4) is 0 Å². The first-order valence-corrected chi connectivity index (χ1v) is 9.57. The number of aliphatic hydroxyl groups excluding tert-OH is 4. The van der Waals surface area contributed by atoms with E-state index in [2.05, 4.69) is 0 Å². The van der Waals surface area contributed by atoms with Crippen LogP contribution in [0.1, 0.15) is 11.7 Å². The van der Waals surface area contributed by atoms with E-state index in [1.54, 1.807) is 36.4 Å². The second kappa shape index (κ2) is 8.66. The third-order valence-electron chi connectivity index (χ3n) is 5.15. The lowest BCUT2D eigenvalue weighted by Crippen LogP contribution is -2.55. The highest BCUT2D eigenvalue weighted by atomic mass is 16.6. The van der Waals surface area contributed by atoms with Crippen molar-refractivity contribution in [2.75, 3.05) is 26.9 Å². The van der Waals surface area contributed by atoms with Gasteiger partial charge in [-0.3, -0.25) is 0 Å². The smallest absolute Gasteiger partial charge is 0.169 e. The van der Waals surface area contributed by atoms with E-state index in [1.165, 1.54) is 7.11 Å². The Morgan fingerprint density at radius 3 is 2.40 bits per heavy atom. The molecule has 0 aliphatic carbocycles. The van der Waals surface area contributed by atoms with Gasteiger partial charge in [0.1, 0.15) is 49.5 Å². The lowest BCUT2D eigenvalue weighted by atomic mass is 9.91. The van der Waals surface area contributed by atoms with Gasteiger partial charge in [0.05, 0.1) is 13.7 Å². The number of methoxy groups -OCH3 is 1. The van der Waals surface area contributed by atoms with Crippen molar-refractivity contribution >= 4 is 0 Å². The minimum Gasteiger partial charge on any atom is -0.493 e. The Morgan fingerprint density at radius 1 is 0.900 bits per heavy atom. The van der Waals surface area contributed by atoms with Gasteiger partial charge in [-0.2, -0.15) is 0 Å². The maximum Gasteiger partial charge on any atom is 0.169 e. The first-order chi connectivity index (χ1) is 14.5. The molecule has 9 nitrogen and oxygen atoms in total. The van der Waals surface area contributed by atoms with Crippen molar-refractivity contribution in [1.82, 2.24) is 0 Å². The summed E-state index contributed by atoms with van der Waals surface area (Å²) in [5.41, 5.74) is 0.486. The van der Waals surface area contributed by atoms with Crippen molar-refractivity contribution in [3.63, 3.8) is 0 Å². The van der Waals surface area contributed by atoms with Gasteiger partial charge in [-0.1, -0.05) is 6.07 Å². The molecule has 2 aliphatic rings. The maximum atomic E-state index is 10.4. The molecule has 1 fully saturated rings. The van der Waals surface area contributed by atoms with Crippen molar-refractivity contribution in [2.24, 2.45) is 0 Å². The predicted molar refractivity (Wildman–Crippen MR) is 103 cm³/mol. The molecule has 2 aliphatic heterocycles. The van der Waals surface area contributed by atoms with Crippen LogP contribution in [0.4, 0.5) is 0 Å². The average Bonchev–Trinajstić information content (AvgIpc) is 2.77. The van der Waals surface area contributed by atoms with Crippen LogP contribution in [-0.2, 0) is 4.74 Å². The molecule has 5 atom stereocenters. The topological polar surface area (TPSA) is 127 Å². The van der Waals surface area contributed by atoms with E-state index in [-0.39, 0.29) is 0 Å². The first kappa shape index (κ1) is 20.7. The number of ether oxygens (including phenoxy) is 5. The summed E-state index contributed by atoms with van der Waals surface area (Å²) in [6.45, 7) is 0.437. The standard InChI is InChI=1S/C21H24O9/c1-26-13-4-2-11(21-20(25)19(24)18(23)17(10-22)30-21)8-16(13)29-12-3-5-14-15(9-12)28-7-6-27-14/h2-5,8-9,17-25H,6-7,10H2,1H3/t17-,18-,19+,20-,21+/m1/s1. The summed E-state index contributed by atoms with van der Waals surface area (Å²) in [6.07, 6.45) is -6.26. The predicted octanol–water partition coefficient (Wildman–Crippen LogP) is 0.774. The van der Waals surface area contributed by atoms with Crippen LogP contribution in [0.2, 0.25) is 0 Å². The fourth-order valence-electron chi connectivity index (χ4n) is 3.54. The van der Waals surface area contributed by atoms with E-state index < -0.39 is 37.1 Å². The molecule has 9 heteroatoms. The molecular weight excluding hydrogens is 396 g/mol. The normalized spacial score (nSPS) is 28.1. The summed E-state index contributed by atoms with van der Waals surface area (Å²) < 4.78 is 28.1. The van der Waals surface area contributed by atoms with E-state index in [0.717, 1.165) is 0 Å². The molecule has 0 saturated carbocycles. The largest absolute Gasteiger partial charge is 0.493 e. The van der Waals surface area contributed by atoms with Gasteiger partial charge < -0.3 is 44.1 Å². The summed E-state index contributed by atoms with van der Waals surface area (Å²) in [5.74, 6) is 2.49. The van der Waals surface area contributed by atoms with Gasteiger partial charge in [-0.05, 0) is 29.8 Å². The molecule has 2 aromatic carbocycles. The number of hydrogen-bond donors (Lipinski definition) is 4. The zero-order valence-corrected chi connectivity index (χ0v) is 16.3. The number of hydrogen-bond acceptors (Lipinski definition) is 9. The van der Waals surface area contributed by atoms with Gasteiger partial charge in [0, 0.05) is 6.07 Å². The second-order valence-electron chi connectivity index (χ2n) is 7.07. The van der Waals surface area contributed by atoms with Crippen LogP contribution in [0, 0.1) is 0 Å². The quantitative estimate of drug-likeness (QED) is 0.555. The highest BCUT2D eigenvalue weighted by Crippen LogP contribution is 2.40. The Morgan fingerprint density at radius 2 is 1.67 bits per heavy atom. The molecule has 1 saturated heterocycles. The van der Waals surface area contributed by atoms with Gasteiger partial charge >= 0.3 is 0 Å². The number of benzene rings is 2. The van der Waals surface area contributed by atoms with Crippen molar-refractivity contribution in [2.45, 2.75) is 30.5 Å². The van der Waals surface area contributed by atoms with Crippen molar-refractivity contribution in [3.8, 4) is 28.7 Å². The van der Waals surface area contributed by atoms with Crippen molar-refractivity contribution in [3.05, 3.63) is 42.0 Å². The molecule has 0 amide bonds. The molecule has 162 valence electrons. The van der Waals surface area contributed by atoms with Crippen LogP contribution in [0.15, 0.2) is 36.4 Å². The Hall–Kier alpha value is -2.56. The monoisotopic (exact) mass is 420 g/mol. The highest BCUT2D eigenvalue weighted by Gasteiger charge is 2.44. The Bertz CT molecular complexity index is 885. The van der Waals surface area contributed by atoms with E-state index in [0.29, 0.717) is 47.5 Å². The molecule has 0 aromatic heterocycles. The lowest BCUT2D eigenvalue weighted by molar-refractivity contribution is -0.231. The molecule has 2 aromatic rings. The van der Waals surface area contributed by atoms with Gasteiger partial charge in [0.25, 0.3) is 0 Å². The third-order valence-corrected chi connectivity index (χ3v) is 5.15. The second-order valence-corrected chi connectivity index (χ2v) is 7.07. The van der Waals surface area contributed by atoms with E-state index >= 15 is 0 Å². The fraction of sp³-hybridized carbons (Fsp3) is 0.429. The zero-order valence-electron chi connectivity index (χ0n) is 16.3. The lowest BCUT2D eigenvalue weighted by Gasteiger charge is -2.40. The average molecular weight is 420 g/mol. The summed E-state index contributed by atoms with van der Waals surface area (Å²) >= 11 is 0. The van der Waals surface area contributed by atoms with Gasteiger partial charge in [0.2, 0.25) is 0 Å². The van der Waals surface area contributed by atoms with E-state index in [4.69, 9.17) is 23.7 Å². The molecule has 2 heterocycles. The highest BCUT2D eigenvalue weighted by molar-refractivity contribution is 5.50. The van der Waals surface area contributed by atoms with Crippen LogP contribution in [-0.4, -0.2) is 71.8 Å². The minimum absolute atomic E-state index is 0.351. The molecule has 0 radical (unpaired) electrons. The fourth-order valence-corrected chi connectivity index (χ4v) is 3.54.